The third kappa shape index (κ3) is 3.38. The Morgan fingerprint density at radius 3 is 2.86 bits per heavy atom. The van der Waals surface area contributed by atoms with Gasteiger partial charge in [-0.1, -0.05) is 11.6 Å². The summed E-state index contributed by atoms with van der Waals surface area (Å²) in [5.74, 6) is -0.512. The van der Waals surface area contributed by atoms with E-state index in [1.165, 1.54) is 6.20 Å². The van der Waals surface area contributed by atoms with E-state index < -0.39 is 5.97 Å². The van der Waals surface area contributed by atoms with Gasteiger partial charge in [0.2, 0.25) is 0 Å². The third-order valence-corrected chi connectivity index (χ3v) is 3.07. The summed E-state index contributed by atoms with van der Waals surface area (Å²) in [5.41, 5.74) is 7.69. The van der Waals surface area contributed by atoms with Crippen molar-refractivity contribution in [3.63, 3.8) is 0 Å². The van der Waals surface area contributed by atoms with Crippen molar-refractivity contribution in [2.45, 2.75) is 6.92 Å². The molecule has 0 aromatic carbocycles. The van der Waals surface area contributed by atoms with Crippen LogP contribution in [0.4, 0.5) is 0 Å². The minimum absolute atomic E-state index is 0.207. The van der Waals surface area contributed by atoms with E-state index in [0.717, 1.165) is 11.1 Å². The first-order chi connectivity index (χ1) is 10.2. The largest absolute Gasteiger partial charge is 0.462 e. The van der Waals surface area contributed by atoms with Crippen LogP contribution in [0.3, 0.4) is 0 Å². The van der Waals surface area contributed by atoms with Gasteiger partial charge in [-0.05, 0) is 36.8 Å². The third-order valence-electron chi connectivity index (χ3n) is 2.77. The summed E-state index contributed by atoms with van der Waals surface area (Å²) in [6.07, 6.45) is 4.38. The van der Waals surface area contributed by atoms with E-state index in [0.29, 0.717) is 10.8 Å². The fourth-order valence-electron chi connectivity index (χ4n) is 1.81. The molecule has 2 heterocycles. The second-order valence-corrected chi connectivity index (χ2v) is 4.43. The van der Waals surface area contributed by atoms with E-state index in [4.69, 9.17) is 22.1 Å². The molecule has 0 saturated carbocycles. The summed E-state index contributed by atoms with van der Waals surface area (Å²) < 4.78 is 4.95. The lowest BCUT2D eigenvalue weighted by Crippen LogP contribution is -2.09. The van der Waals surface area contributed by atoms with Crippen LogP contribution >= 0.6 is 11.6 Å². The lowest BCUT2D eigenvalue weighted by Gasteiger charge is -2.08. The lowest BCUT2D eigenvalue weighted by atomic mass is 10.1. The van der Waals surface area contributed by atoms with Crippen molar-refractivity contribution in [1.82, 2.24) is 9.97 Å². The van der Waals surface area contributed by atoms with Crippen LogP contribution < -0.4 is 5.73 Å². The molecule has 2 aromatic rings. The lowest BCUT2D eigenvalue weighted by molar-refractivity contribution is -0.136. The maximum absolute atomic E-state index is 11.8. The second kappa shape index (κ2) is 6.85. The summed E-state index contributed by atoms with van der Waals surface area (Å²) in [4.78, 5) is 20.0. The molecule has 0 unspecified atom stereocenters. The first-order valence-electron chi connectivity index (χ1n) is 6.33. The number of carbonyl (C=O) groups excluding carboxylic acids is 1. The van der Waals surface area contributed by atoms with Crippen molar-refractivity contribution in [3.05, 3.63) is 53.7 Å². The number of nitrogens with two attached hydrogens (primary N) is 1. The SMILES string of the molecule is CCOC(=O)C(=CN)c1cc(-c2cccnc2Cl)ccn1. The van der Waals surface area contributed by atoms with Crippen LogP contribution in [0.15, 0.2) is 42.9 Å². The molecule has 0 atom stereocenters. The van der Waals surface area contributed by atoms with Crippen LogP contribution in [0.2, 0.25) is 5.15 Å². The van der Waals surface area contributed by atoms with E-state index in [-0.39, 0.29) is 12.2 Å². The van der Waals surface area contributed by atoms with Gasteiger partial charge in [-0.3, -0.25) is 4.98 Å². The van der Waals surface area contributed by atoms with Crippen molar-refractivity contribution < 1.29 is 9.53 Å². The van der Waals surface area contributed by atoms with E-state index in [9.17, 15) is 4.79 Å². The zero-order valence-corrected chi connectivity index (χ0v) is 12.2. The predicted molar refractivity (Wildman–Crippen MR) is 81.3 cm³/mol. The van der Waals surface area contributed by atoms with Crippen molar-refractivity contribution >= 4 is 23.1 Å². The van der Waals surface area contributed by atoms with E-state index in [1.54, 1.807) is 37.5 Å². The molecular weight excluding hydrogens is 290 g/mol. The average Bonchev–Trinajstić information content (AvgIpc) is 2.49. The topological polar surface area (TPSA) is 78.1 Å². The van der Waals surface area contributed by atoms with Gasteiger partial charge in [-0.15, -0.1) is 0 Å². The fourth-order valence-corrected chi connectivity index (χ4v) is 2.04. The summed E-state index contributed by atoms with van der Waals surface area (Å²) in [5, 5.41) is 0.379. The van der Waals surface area contributed by atoms with Crippen LogP contribution in [0.5, 0.6) is 0 Å². The Kier molecular flexibility index (Phi) is 4.90. The molecule has 0 saturated heterocycles. The quantitative estimate of drug-likeness (QED) is 0.534. The highest BCUT2D eigenvalue weighted by molar-refractivity contribution is 6.32. The highest BCUT2D eigenvalue weighted by atomic mass is 35.5. The summed E-state index contributed by atoms with van der Waals surface area (Å²) in [6, 6.07) is 7.13. The molecule has 0 amide bonds. The summed E-state index contributed by atoms with van der Waals surface area (Å²) in [7, 11) is 0. The van der Waals surface area contributed by atoms with Crippen LogP contribution in [-0.2, 0) is 9.53 Å². The molecule has 6 heteroatoms. The maximum Gasteiger partial charge on any atom is 0.341 e. The summed E-state index contributed by atoms with van der Waals surface area (Å²) >= 11 is 6.07. The standard InChI is InChI=1S/C15H14ClN3O2/c1-2-21-15(20)12(9-17)13-8-10(5-7-18-13)11-4-3-6-19-14(11)16/h3-9H,2,17H2,1H3. The number of rotatable bonds is 4. The zero-order chi connectivity index (χ0) is 15.2. The molecule has 2 N–H and O–H groups in total. The smallest absolute Gasteiger partial charge is 0.341 e. The van der Waals surface area contributed by atoms with Gasteiger partial charge in [0.25, 0.3) is 0 Å². The zero-order valence-electron chi connectivity index (χ0n) is 11.4. The van der Waals surface area contributed by atoms with Gasteiger partial charge in [0.1, 0.15) is 10.7 Å². The fraction of sp³-hybridized carbons (Fsp3) is 0.133. The first kappa shape index (κ1) is 15.0. The molecule has 0 fully saturated rings. The Balaban J connectivity index is 2.42. The first-order valence-corrected chi connectivity index (χ1v) is 6.71. The van der Waals surface area contributed by atoms with Gasteiger partial charge in [-0.2, -0.15) is 0 Å². The number of nitrogens with zero attached hydrogens (tertiary/aromatic N) is 2. The Bertz CT molecular complexity index is 686. The molecule has 0 radical (unpaired) electrons. The number of hydrogen-bond acceptors (Lipinski definition) is 5. The molecule has 0 aliphatic carbocycles. The summed E-state index contributed by atoms with van der Waals surface area (Å²) in [6.45, 7) is 2.00. The Morgan fingerprint density at radius 2 is 2.19 bits per heavy atom. The molecule has 0 spiro atoms. The monoisotopic (exact) mass is 303 g/mol. The normalized spacial score (nSPS) is 11.2. The van der Waals surface area contributed by atoms with Crippen molar-refractivity contribution in [1.29, 1.82) is 0 Å². The Labute approximate surface area is 127 Å². The number of pyridine rings is 2. The van der Waals surface area contributed by atoms with Crippen molar-refractivity contribution in [3.8, 4) is 11.1 Å². The van der Waals surface area contributed by atoms with Gasteiger partial charge in [0.15, 0.2) is 0 Å². The number of aromatic nitrogens is 2. The molecule has 5 nitrogen and oxygen atoms in total. The van der Waals surface area contributed by atoms with Gasteiger partial charge in [0.05, 0.1) is 12.3 Å². The molecule has 0 bridgehead atoms. The molecule has 0 aliphatic rings. The van der Waals surface area contributed by atoms with Gasteiger partial charge in [0, 0.05) is 24.2 Å². The van der Waals surface area contributed by atoms with Crippen LogP contribution in [0.1, 0.15) is 12.6 Å². The minimum atomic E-state index is -0.512. The van der Waals surface area contributed by atoms with Crippen molar-refractivity contribution in [2.75, 3.05) is 6.61 Å². The van der Waals surface area contributed by atoms with Crippen LogP contribution in [0, 0.1) is 0 Å². The molecule has 2 rings (SSSR count). The Hall–Kier alpha value is -2.40. The van der Waals surface area contributed by atoms with E-state index in [2.05, 4.69) is 9.97 Å². The highest BCUT2D eigenvalue weighted by Gasteiger charge is 2.15. The number of halogens is 1. The van der Waals surface area contributed by atoms with Gasteiger partial charge >= 0.3 is 5.97 Å². The second-order valence-electron chi connectivity index (χ2n) is 4.07. The maximum atomic E-state index is 11.8. The molecule has 108 valence electrons. The van der Waals surface area contributed by atoms with Crippen LogP contribution in [-0.4, -0.2) is 22.5 Å². The number of carbonyl (C=O) groups is 1. The average molecular weight is 304 g/mol. The molecule has 2 aromatic heterocycles. The van der Waals surface area contributed by atoms with Gasteiger partial charge < -0.3 is 10.5 Å². The highest BCUT2D eigenvalue weighted by Crippen LogP contribution is 2.27. The van der Waals surface area contributed by atoms with Crippen molar-refractivity contribution in [2.24, 2.45) is 5.73 Å². The Morgan fingerprint density at radius 1 is 1.38 bits per heavy atom. The number of ether oxygens (including phenoxy) is 1. The molecule has 21 heavy (non-hydrogen) atoms. The predicted octanol–water partition coefficient (Wildman–Crippen LogP) is 2.66. The minimum Gasteiger partial charge on any atom is -0.462 e. The van der Waals surface area contributed by atoms with Gasteiger partial charge in [-0.25, -0.2) is 9.78 Å². The number of hydrogen-bond donors (Lipinski definition) is 1. The van der Waals surface area contributed by atoms with E-state index >= 15 is 0 Å². The molecule has 0 aliphatic heterocycles. The van der Waals surface area contributed by atoms with E-state index in [1.807, 2.05) is 6.07 Å². The molecular formula is C15H14ClN3O2. The van der Waals surface area contributed by atoms with Crippen LogP contribution in [0.25, 0.3) is 16.7 Å². The number of esters is 1.